The predicted molar refractivity (Wildman–Crippen MR) is 66.1 cm³/mol. The minimum atomic E-state index is -0.651. The Hall–Kier alpha value is -2.54. The van der Waals surface area contributed by atoms with Crippen molar-refractivity contribution < 1.29 is 8.78 Å². The second kappa shape index (κ2) is 4.29. The number of nitrogens with one attached hydrogen (secondary N) is 1. The molecule has 19 heavy (non-hydrogen) atoms. The molecule has 2 aromatic heterocycles. The summed E-state index contributed by atoms with van der Waals surface area (Å²) in [5.41, 5.74) is 3.84. The summed E-state index contributed by atoms with van der Waals surface area (Å²) in [6.45, 7) is 0. The van der Waals surface area contributed by atoms with Gasteiger partial charge in [-0.2, -0.15) is 5.10 Å². The number of anilines is 1. The minimum absolute atomic E-state index is 0.351. The van der Waals surface area contributed by atoms with Crippen LogP contribution in [0.15, 0.2) is 36.7 Å². The lowest BCUT2D eigenvalue weighted by molar-refractivity contribution is 0.584. The average Bonchev–Trinajstić information content (AvgIpc) is 2.81. The van der Waals surface area contributed by atoms with Crippen molar-refractivity contribution in [3.05, 3.63) is 48.3 Å². The third kappa shape index (κ3) is 2.00. The standard InChI is InChI=1S/C12H9F2N5/c13-8-3-7(4-9(14)5-8)10-6-11-12(17-15)16-1-2-19(11)18-10/h1-6H,15H2,(H,16,17). The van der Waals surface area contributed by atoms with E-state index in [4.69, 9.17) is 5.84 Å². The average molecular weight is 261 g/mol. The molecule has 0 saturated heterocycles. The van der Waals surface area contributed by atoms with E-state index in [2.05, 4.69) is 15.5 Å². The third-order valence-corrected chi connectivity index (χ3v) is 2.68. The Morgan fingerprint density at radius 3 is 2.53 bits per heavy atom. The molecule has 3 N–H and O–H groups in total. The van der Waals surface area contributed by atoms with Gasteiger partial charge >= 0.3 is 0 Å². The first-order valence-electron chi connectivity index (χ1n) is 5.45. The molecule has 5 nitrogen and oxygen atoms in total. The summed E-state index contributed by atoms with van der Waals surface area (Å²) < 4.78 is 27.9. The normalized spacial score (nSPS) is 10.9. The summed E-state index contributed by atoms with van der Waals surface area (Å²) >= 11 is 0. The zero-order valence-corrected chi connectivity index (χ0v) is 9.64. The lowest BCUT2D eigenvalue weighted by atomic mass is 10.1. The molecule has 96 valence electrons. The molecule has 7 heteroatoms. The van der Waals surface area contributed by atoms with Gasteiger partial charge in [0.05, 0.1) is 5.69 Å². The SMILES string of the molecule is NNc1nccn2nc(-c3cc(F)cc(F)c3)cc12. The molecule has 0 aliphatic carbocycles. The smallest absolute Gasteiger partial charge is 0.166 e. The lowest BCUT2D eigenvalue weighted by Crippen LogP contribution is -2.09. The molecule has 0 aliphatic rings. The van der Waals surface area contributed by atoms with E-state index in [0.29, 0.717) is 22.6 Å². The lowest BCUT2D eigenvalue weighted by Gasteiger charge is -1.98. The molecule has 0 radical (unpaired) electrons. The van der Waals surface area contributed by atoms with Gasteiger partial charge in [-0.25, -0.2) is 24.1 Å². The molecule has 1 aromatic carbocycles. The Morgan fingerprint density at radius 2 is 1.84 bits per heavy atom. The summed E-state index contributed by atoms with van der Waals surface area (Å²) in [6.07, 6.45) is 3.14. The highest BCUT2D eigenvalue weighted by Gasteiger charge is 2.10. The second-order valence-corrected chi connectivity index (χ2v) is 3.94. The minimum Gasteiger partial charge on any atom is -0.307 e. The van der Waals surface area contributed by atoms with E-state index < -0.39 is 11.6 Å². The quantitative estimate of drug-likeness (QED) is 0.546. The van der Waals surface area contributed by atoms with Crippen LogP contribution in [-0.2, 0) is 0 Å². The van der Waals surface area contributed by atoms with Crippen LogP contribution < -0.4 is 11.3 Å². The number of halogens is 2. The molecular formula is C12H9F2N5. The van der Waals surface area contributed by atoms with Gasteiger partial charge in [-0.15, -0.1) is 0 Å². The molecule has 0 unspecified atom stereocenters. The Morgan fingerprint density at radius 1 is 1.11 bits per heavy atom. The zero-order valence-electron chi connectivity index (χ0n) is 9.64. The van der Waals surface area contributed by atoms with Crippen molar-refractivity contribution in [2.45, 2.75) is 0 Å². The number of hydrazine groups is 1. The van der Waals surface area contributed by atoms with Crippen LogP contribution in [0.5, 0.6) is 0 Å². The number of hydrogen-bond donors (Lipinski definition) is 2. The van der Waals surface area contributed by atoms with Crippen molar-refractivity contribution >= 4 is 11.3 Å². The van der Waals surface area contributed by atoms with E-state index in [1.165, 1.54) is 22.8 Å². The van der Waals surface area contributed by atoms with Gasteiger partial charge in [-0.1, -0.05) is 0 Å². The maximum absolute atomic E-state index is 13.2. The first-order valence-corrected chi connectivity index (χ1v) is 5.45. The van der Waals surface area contributed by atoms with Crippen molar-refractivity contribution in [2.75, 3.05) is 5.43 Å². The monoisotopic (exact) mass is 261 g/mol. The van der Waals surface area contributed by atoms with Gasteiger partial charge in [0.1, 0.15) is 17.2 Å². The summed E-state index contributed by atoms with van der Waals surface area (Å²) in [4.78, 5) is 4.02. The van der Waals surface area contributed by atoms with Crippen LogP contribution >= 0.6 is 0 Å². The maximum Gasteiger partial charge on any atom is 0.166 e. The zero-order chi connectivity index (χ0) is 13.4. The molecule has 0 amide bonds. The molecule has 0 aliphatic heterocycles. The molecule has 0 fully saturated rings. The van der Waals surface area contributed by atoms with Crippen LogP contribution in [-0.4, -0.2) is 14.6 Å². The van der Waals surface area contributed by atoms with Crippen molar-refractivity contribution in [1.82, 2.24) is 14.6 Å². The second-order valence-electron chi connectivity index (χ2n) is 3.94. The van der Waals surface area contributed by atoms with Crippen LogP contribution in [0.25, 0.3) is 16.8 Å². The predicted octanol–water partition coefficient (Wildman–Crippen LogP) is 1.96. The van der Waals surface area contributed by atoms with Crippen LogP contribution in [0.4, 0.5) is 14.6 Å². The Labute approximate surface area is 106 Å². The highest BCUT2D eigenvalue weighted by molar-refractivity contribution is 5.74. The molecule has 0 bridgehead atoms. The number of aromatic nitrogens is 3. The largest absolute Gasteiger partial charge is 0.307 e. The van der Waals surface area contributed by atoms with Crippen LogP contribution in [0.1, 0.15) is 0 Å². The summed E-state index contributed by atoms with van der Waals surface area (Å²) in [5.74, 6) is 4.47. The first-order chi connectivity index (χ1) is 9.17. The number of fused-ring (bicyclic) bond motifs is 1. The van der Waals surface area contributed by atoms with Gasteiger partial charge in [0.25, 0.3) is 0 Å². The number of nitrogens with two attached hydrogens (primary N) is 1. The molecule has 2 heterocycles. The Bertz CT molecular complexity index is 733. The van der Waals surface area contributed by atoms with E-state index in [0.717, 1.165) is 6.07 Å². The van der Waals surface area contributed by atoms with E-state index in [1.54, 1.807) is 12.3 Å². The Balaban J connectivity index is 2.20. The number of nitrogens with zero attached hydrogens (tertiary/aromatic N) is 3. The fourth-order valence-electron chi connectivity index (χ4n) is 1.88. The van der Waals surface area contributed by atoms with Crippen molar-refractivity contribution in [1.29, 1.82) is 0 Å². The molecule has 0 spiro atoms. The molecular weight excluding hydrogens is 252 g/mol. The van der Waals surface area contributed by atoms with Crippen molar-refractivity contribution in [3.63, 3.8) is 0 Å². The third-order valence-electron chi connectivity index (χ3n) is 2.68. The first kappa shape index (κ1) is 11.5. The van der Waals surface area contributed by atoms with Gasteiger partial charge in [0, 0.05) is 24.0 Å². The number of benzene rings is 1. The highest BCUT2D eigenvalue weighted by atomic mass is 19.1. The fraction of sp³-hybridized carbons (Fsp3) is 0. The van der Waals surface area contributed by atoms with Crippen LogP contribution in [0.3, 0.4) is 0 Å². The molecule has 0 saturated carbocycles. The van der Waals surface area contributed by atoms with E-state index in [-0.39, 0.29) is 0 Å². The summed E-state index contributed by atoms with van der Waals surface area (Å²) in [5, 5.41) is 4.22. The molecule has 3 rings (SSSR count). The fourth-order valence-corrected chi connectivity index (χ4v) is 1.88. The van der Waals surface area contributed by atoms with E-state index >= 15 is 0 Å². The van der Waals surface area contributed by atoms with Gasteiger partial charge in [-0.05, 0) is 18.2 Å². The number of nitrogen functional groups attached to an aromatic ring is 1. The van der Waals surface area contributed by atoms with E-state index in [1.807, 2.05) is 0 Å². The van der Waals surface area contributed by atoms with Crippen molar-refractivity contribution in [2.24, 2.45) is 5.84 Å². The van der Waals surface area contributed by atoms with Gasteiger partial charge in [0.15, 0.2) is 5.82 Å². The van der Waals surface area contributed by atoms with Crippen molar-refractivity contribution in [3.8, 4) is 11.3 Å². The molecule has 3 aromatic rings. The van der Waals surface area contributed by atoms with Gasteiger partial charge in [-0.3, -0.25) is 0 Å². The van der Waals surface area contributed by atoms with Gasteiger partial charge in [0.2, 0.25) is 0 Å². The maximum atomic E-state index is 13.2. The van der Waals surface area contributed by atoms with E-state index in [9.17, 15) is 8.78 Å². The Kier molecular flexibility index (Phi) is 2.60. The van der Waals surface area contributed by atoms with Crippen LogP contribution in [0, 0.1) is 11.6 Å². The number of rotatable bonds is 2. The topological polar surface area (TPSA) is 68.2 Å². The molecule has 0 atom stereocenters. The van der Waals surface area contributed by atoms with Gasteiger partial charge < -0.3 is 5.43 Å². The van der Waals surface area contributed by atoms with Crippen LogP contribution in [0.2, 0.25) is 0 Å². The summed E-state index contributed by atoms with van der Waals surface area (Å²) in [7, 11) is 0. The summed E-state index contributed by atoms with van der Waals surface area (Å²) in [6, 6.07) is 4.89. The highest BCUT2D eigenvalue weighted by Crippen LogP contribution is 2.24. The number of hydrogen-bond acceptors (Lipinski definition) is 4.